The fraction of sp³-hybridized carbons (Fsp3) is 0.458. The van der Waals surface area contributed by atoms with Gasteiger partial charge in [0.2, 0.25) is 0 Å². The first-order valence-electron chi connectivity index (χ1n) is 11.5. The Labute approximate surface area is 192 Å². The number of nitrogens with zero attached hydrogens (tertiary/aromatic N) is 4. The molecule has 0 spiro atoms. The highest BCUT2D eigenvalue weighted by Gasteiger charge is 2.28. The largest absolute Gasteiger partial charge is 0.494 e. The van der Waals surface area contributed by atoms with Gasteiger partial charge in [-0.1, -0.05) is 0 Å². The highest BCUT2D eigenvalue weighted by Crippen LogP contribution is 2.36. The molecule has 1 aliphatic carbocycles. The van der Waals surface area contributed by atoms with E-state index in [0.717, 1.165) is 43.4 Å². The molecule has 0 bridgehead atoms. The van der Waals surface area contributed by atoms with Crippen molar-refractivity contribution < 1.29 is 14.3 Å². The van der Waals surface area contributed by atoms with Gasteiger partial charge in [-0.25, -0.2) is 4.98 Å². The molecule has 0 unspecified atom stereocenters. The van der Waals surface area contributed by atoms with Crippen molar-refractivity contribution in [1.82, 2.24) is 19.0 Å². The summed E-state index contributed by atoms with van der Waals surface area (Å²) in [6, 6.07) is 7.23. The first-order valence-corrected chi connectivity index (χ1v) is 11.5. The quantitative estimate of drug-likeness (QED) is 0.596. The third-order valence-corrected chi connectivity index (χ3v) is 6.75. The molecule has 1 saturated heterocycles. The summed E-state index contributed by atoms with van der Waals surface area (Å²) in [5.41, 5.74) is 15.0. The van der Waals surface area contributed by atoms with E-state index in [9.17, 15) is 9.59 Å². The van der Waals surface area contributed by atoms with Crippen LogP contribution >= 0.6 is 0 Å². The third-order valence-electron chi connectivity index (χ3n) is 6.75. The van der Waals surface area contributed by atoms with Gasteiger partial charge >= 0.3 is 0 Å². The molecule has 3 heterocycles. The number of carbonyl (C=O) groups excluding carboxylic acids is 2. The number of likely N-dealkylation sites (tertiary alicyclic amines) is 1. The lowest BCUT2D eigenvalue weighted by Crippen LogP contribution is -2.45. The van der Waals surface area contributed by atoms with Crippen LogP contribution in [-0.2, 0) is 13.6 Å². The Morgan fingerprint density at radius 2 is 2.00 bits per heavy atom. The average molecular weight is 451 g/mol. The Morgan fingerprint density at radius 3 is 2.67 bits per heavy atom. The van der Waals surface area contributed by atoms with Crippen LogP contribution in [0, 0.1) is 5.92 Å². The van der Waals surface area contributed by atoms with Crippen molar-refractivity contribution in [3.63, 3.8) is 0 Å². The van der Waals surface area contributed by atoms with E-state index < -0.39 is 5.91 Å². The molecule has 174 valence electrons. The van der Waals surface area contributed by atoms with Crippen LogP contribution in [0.15, 0.2) is 24.3 Å². The number of primary amides is 1. The van der Waals surface area contributed by atoms with E-state index in [0.29, 0.717) is 47.4 Å². The molecular formula is C24H30N6O3. The normalized spacial score (nSPS) is 18.6. The molecule has 0 radical (unpaired) electrons. The van der Waals surface area contributed by atoms with Crippen molar-refractivity contribution in [2.75, 3.05) is 20.2 Å². The number of rotatable bonds is 6. The second-order valence-corrected chi connectivity index (χ2v) is 9.22. The number of carbonyl (C=O) groups is 2. The highest BCUT2D eigenvalue weighted by molar-refractivity contribution is 6.00. The molecule has 1 aromatic carbocycles. The van der Waals surface area contributed by atoms with Gasteiger partial charge in [-0.3, -0.25) is 9.59 Å². The molecule has 5 rings (SSSR count). The van der Waals surface area contributed by atoms with Gasteiger partial charge in [0.05, 0.1) is 18.3 Å². The van der Waals surface area contributed by atoms with E-state index in [-0.39, 0.29) is 11.9 Å². The standard InChI is InChI=1S/C24H30N6O3/c1-28-21-17(10-15(11-20(21)33-2)24(32)29-9-3-4-16(25)13-29)27-23(28)19-8-7-18(22(26)31)30(19)12-14-5-6-14/h7-8,10-11,14,16H,3-6,9,12-13,25H2,1-2H3,(H2,26,31)/t16-/m1/s1. The van der Waals surface area contributed by atoms with Crippen LogP contribution < -0.4 is 16.2 Å². The zero-order chi connectivity index (χ0) is 23.3. The van der Waals surface area contributed by atoms with Gasteiger partial charge < -0.3 is 30.2 Å². The molecular weight excluding hydrogens is 420 g/mol. The summed E-state index contributed by atoms with van der Waals surface area (Å²) in [6.07, 6.45) is 4.14. The number of benzene rings is 1. The first kappa shape index (κ1) is 21.5. The van der Waals surface area contributed by atoms with Crippen LogP contribution in [0.1, 0.15) is 46.5 Å². The monoisotopic (exact) mass is 450 g/mol. The topological polar surface area (TPSA) is 121 Å². The molecule has 2 amide bonds. The second-order valence-electron chi connectivity index (χ2n) is 9.22. The lowest BCUT2D eigenvalue weighted by Gasteiger charge is -2.30. The summed E-state index contributed by atoms with van der Waals surface area (Å²) in [7, 11) is 3.50. The molecule has 9 nitrogen and oxygen atoms in total. The number of ether oxygens (including phenoxy) is 1. The zero-order valence-corrected chi connectivity index (χ0v) is 19.1. The summed E-state index contributed by atoms with van der Waals surface area (Å²) in [4.78, 5) is 31.9. The van der Waals surface area contributed by atoms with Crippen molar-refractivity contribution in [2.45, 2.75) is 38.3 Å². The van der Waals surface area contributed by atoms with Gasteiger partial charge in [-0.15, -0.1) is 0 Å². The van der Waals surface area contributed by atoms with Crippen molar-refractivity contribution in [3.8, 4) is 17.3 Å². The fourth-order valence-corrected chi connectivity index (χ4v) is 4.83. The molecule has 2 aliphatic rings. The summed E-state index contributed by atoms with van der Waals surface area (Å²) in [5.74, 6) is 1.31. The minimum absolute atomic E-state index is 0.00786. The minimum atomic E-state index is -0.453. The van der Waals surface area contributed by atoms with Gasteiger partial charge in [0, 0.05) is 38.3 Å². The Balaban J connectivity index is 1.59. The molecule has 2 fully saturated rings. The van der Waals surface area contributed by atoms with E-state index in [1.54, 1.807) is 24.1 Å². The van der Waals surface area contributed by atoms with Gasteiger partial charge in [-0.05, 0) is 55.9 Å². The number of aryl methyl sites for hydroxylation is 1. The van der Waals surface area contributed by atoms with E-state index in [1.165, 1.54) is 0 Å². The van der Waals surface area contributed by atoms with Crippen LogP contribution in [0.25, 0.3) is 22.6 Å². The second kappa shape index (κ2) is 8.22. The number of hydrogen-bond donors (Lipinski definition) is 2. The van der Waals surface area contributed by atoms with E-state index in [1.807, 2.05) is 28.3 Å². The number of piperidine rings is 1. The van der Waals surface area contributed by atoms with Crippen molar-refractivity contribution in [2.24, 2.45) is 24.4 Å². The summed E-state index contributed by atoms with van der Waals surface area (Å²) in [6.45, 7) is 1.99. The Kier molecular flexibility index (Phi) is 5.36. The number of nitrogens with two attached hydrogens (primary N) is 2. The molecule has 33 heavy (non-hydrogen) atoms. The summed E-state index contributed by atoms with van der Waals surface area (Å²) in [5, 5.41) is 0. The predicted octanol–water partition coefficient (Wildman–Crippen LogP) is 2.12. The number of aromatic nitrogens is 3. The lowest BCUT2D eigenvalue weighted by molar-refractivity contribution is 0.0708. The van der Waals surface area contributed by atoms with E-state index in [4.69, 9.17) is 21.2 Å². The fourth-order valence-electron chi connectivity index (χ4n) is 4.83. The first-order chi connectivity index (χ1) is 15.9. The van der Waals surface area contributed by atoms with Crippen molar-refractivity contribution in [1.29, 1.82) is 0 Å². The SMILES string of the molecule is COc1cc(C(=O)N2CCC[C@@H](N)C2)cc2nc(-c3ccc(C(N)=O)n3CC3CC3)n(C)c12. The van der Waals surface area contributed by atoms with Crippen LogP contribution in [0.2, 0.25) is 0 Å². The Bertz CT molecular complexity index is 1240. The number of imidazole rings is 1. The molecule has 1 atom stereocenters. The molecule has 1 saturated carbocycles. The van der Waals surface area contributed by atoms with Gasteiger partial charge in [-0.2, -0.15) is 0 Å². The van der Waals surface area contributed by atoms with Crippen LogP contribution in [-0.4, -0.2) is 57.1 Å². The zero-order valence-electron chi connectivity index (χ0n) is 19.1. The van der Waals surface area contributed by atoms with E-state index >= 15 is 0 Å². The number of methoxy groups -OCH3 is 1. The summed E-state index contributed by atoms with van der Waals surface area (Å²) >= 11 is 0. The lowest BCUT2D eigenvalue weighted by atomic mass is 10.0. The molecule has 3 aromatic rings. The van der Waals surface area contributed by atoms with Crippen LogP contribution in [0.4, 0.5) is 0 Å². The number of amides is 2. The maximum atomic E-state index is 13.2. The number of hydrogen-bond acceptors (Lipinski definition) is 5. The summed E-state index contributed by atoms with van der Waals surface area (Å²) < 4.78 is 9.58. The van der Waals surface area contributed by atoms with Crippen LogP contribution in [0.3, 0.4) is 0 Å². The van der Waals surface area contributed by atoms with Gasteiger partial charge in [0.1, 0.15) is 17.0 Å². The minimum Gasteiger partial charge on any atom is -0.494 e. The van der Waals surface area contributed by atoms with Crippen molar-refractivity contribution in [3.05, 3.63) is 35.5 Å². The Morgan fingerprint density at radius 1 is 1.21 bits per heavy atom. The third kappa shape index (κ3) is 3.86. The molecule has 4 N–H and O–H groups in total. The van der Waals surface area contributed by atoms with E-state index in [2.05, 4.69) is 0 Å². The van der Waals surface area contributed by atoms with Crippen molar-refractivity contribution >= 4 is 22.8 Å². The average Bonchev–Trinajstić information content (AvgIpc) is 3.43. The Hall–Kier alpha value is -3.33. The highest BCUT2D eigenvalue weighted by atomic mass is 16.5. The molecule has 9 heteroatoms. The van der Waals surface area contributed by atoms with Gasteiger partial charge in [0.15, 0.2) is 5.82 Å². The van der Waals surface area contributed by atoms with Gasteiger partial charge in [0.25, 0.3) is 11.8 Å². The predicted molar refractivity (Wildman–Crippen MR) is 125 cm³/mol. The maximum absolute atomic E-state index is 13.2. The maximum Gasteiger partial charge on any atom is 0.265 e. The smallest absolute Gasteiger partial charge is 0.265 e. The van der Waals surface area contributed by atoms with Crippen LogP contribution in [0.5, 0.6) is 5.75 Å². The number of fused-ring (bicyclic) bond motifs is 1. The molecule has 1 aliphatic heterocycles. The molecule has 2 aromatic heterocycles.